The lowest BCUT2D eigenvalue weighted by Crippen LogP contribution is -2.71. The number of β-lactam (4-membered cyclic amide) rings is 1. The molecule has 3 N–H and O–H groups in total. The summed E-state index contributed by atoms with van der Waals surface area (Å²) in [5, 5.41) is 26.2. The van der Waals surface area contributed by atoms with Gasteiger partial charge in [0.1, 0.15) is 22.9 Å². The van der Waals surface area contributed by atoms with Crippen molar-refractivity contribution in [2.24, 2.45) is 7.05 Å². The lowest BCUT2D eigenvalue weighted by atomic mass is 10.0. The Bertz CT molecular complexity index is 1200. The van der Waals surface area contributed by atoms with Gasteiger partial charge in [0, 0.05) is 32.0 Å². The van der Waals surface area contributed by atoms with Crippen LogP contribution in [0.3, 0.4) is 0 Å². The zero-order valence-electron chi connectivity index (χ0n) is 18.6. The van der Waals surface area contributed by atoms with E-state index in [9.17, 15) is 24.3 Å². The summed E-state index contributed by atoms with van der Waals surface area (Å²) >= 11 is 2.67. The number of urea groups is 1. The van der Waals surface area contributed by atoms with E-state index in [-0.39, 0.29) is 12.2 Å². The fourth-order valence-electron chi connectivity index (χ4n) is 3.51. The molecular formula is C20H21N7O6S2. The summed E-state index contributed by atoms with van der Waals surface area (Å²) in [6, 6.07) is 5.23. The van der Waals surface area contributed by atoms with Gasteiger partial charge in [-0.15, -0.1) is 16.9 Å². The molecular weight excluding hydrogens is 498 g/mol. The largest absolute Gasteiger partial charge is 0.477 e. The summed E-state index contributed by atoms with van der Waals surface area (Å²) in [5.41, 5.74) is 1.29. The monoisotopic (exact) mass is 519 g/mol. The molecule has 0 radical (unpaired) electrons. The third-order valence-electron chi connectivity index (χ3n) is 5.13. The van der Waals surface area contributed by atoms with Gasteiger partial charge in [-0.1, -0.05) is 23.9 Å². The molecule has 0 spiro atoms. The van der Waals surface area contributed by atoms with Gasteiger partial charge in [0.15, 0.2) is 0 Å². The number of aryl methyl sites for hydroxylation is 1. The van der Waals surface area contributed by atoms with Gasteiger partial charge in [-0.2, -0.15) is 0 Å². The van der Waals surface area contributed by atoms with Crippen molar-refractivity contribution >= 4 is 47.4 Å². The van der Waals surface area contributed by atoms with Crippen LogP contribution in [0.4, 0.5) is 4.79 Å². The first-order valence-electron chi connectivity index (χ1n) is 10.3. The number of carboxylic acid groups (broad SMARTS) is 1. The van der Waals surface area contributed by atoms with E-state index in [0.717, 1.165) is 5.56 Å². The molecule has 2 aliphatic rings. The number of benzene rings is 1. The van der Waals surface area contributed by atoms with Gasteiger partial charge in [0.25, 0.3) is 5.91 Å². The van der Waals surface area contributed by atoms with Crippen LogP contribution in [0.5, 0.6) is 5.75 Å². The van der Waals surface area contributed by atoms with E-state index in [1.165, 1.54) is 40.0 Å². The van der Waals surface area contributed by atoms with Crippen molar-refractivity contribution in [1.82, 2.24) is 35.7 Å². The van der Waals surface area contributed by atoms with Crippen LogP contribution in [0.1, 0.15) is 12.5 Å². The Labute approximate surface area is 207 Å². The van der Waals surface area contributed by atoms with Crippen molar-refractivity contribution in [2.75, 3.05) is 11.5 Å². The highest BCUT2D eigenvalue weighted by atomic mass is 32.2. The first kappa shape index (κ1) is 24.5. The van der Waals surface area contributed by atoms with Gasteiger partial charge in [-0.05, 0) is 33.7 Å². The van der Waals surface area contributed by atoms with Crippen molar-refractivity contribution in [1.29, 1.82) is 0 Å². The van der Waals surface area contributed by atoms with Crippen molar-refractivity contribution in [3.8, 4) is 5.75 Å². The van der Waals surface area contributed by atoms with E-state index in [1.54, 1.807) is 31.3 Å². The van der Waals surface area contributed by atoms with E-state index < -0.39 is 35.3 Å². The number of carbonyl (C=O) groups is 4. The first-order valence-corrected chi connectivity index (χ1v) is 12.3. The molecule has 1 aromatic heterocycles. The molecule has 0 bridgehead atoms. The van der Waals surface area contributed by atoms with Crippen LogP contribution in [0.2, 0.25) is 0 Å². The van der Waals surface area contributed by atoms with Crippen LogP contribution in [0, 0.1) is 0 Å². The Kier molecular flexibility index (Phi) is 7.25. The molecule has 13 nitrogen and oxygen atoms in total. The van der Waals surface area contributed by atoms with Crippen LogP contribution in [0.15, 0.2) is 40.7 Å². The van der Waals surface area contributed by atoms with Crippen LogP contribution in [-0.2, 0) is 28.0 Å². The van der Waals surface area contributed by atoms with Gasteiger partial charge in [-0.3, -0.25) is 14.5 Å². The zero-order chi connectivity index (χ0) is 25.1. The highest BCUT2D eigenvalue weighted by Gasteiger charge is 2.54. The minimum Gasteiger partial charge on any atom is -0.477 e. The number of fused-ring (bicyclic) bond motifs is 1. The van der Waals surface area contributed by atoms with Crippen LogP contribution in [0.25, 0.3) is 0 Å². The zero-order valence-corrected chi connectivity index (χ0v) is 20.3. The number of rotatable bonds is 8. The molecule has 15 heteroatoms. The quantitative estimate of drug-likeness (QED) is 0.190. The number of hydrogen-bond donors (Lipinski definition) is 3. The molecule has 2 atom stereocenters. The fraction of sp³-hybridized carbons (Fsp3) is 0.350. The number of aromatic nitrogens is 4. The summed E-state index contributed by atoms with van der Waals surface area (Å²) in [5.74, 6) is -1.01. The molecule has 0 aliphatic carbocycles. The number of carboxylic acids is 1. The Hall–Kier alpha value is -3.59. The number of ether oxygens (including phenoxy) is 1. The number of aliphatic carboxylic acids is 1. The number of tetrazole rings is 1. The topological polar surface area (TPSA) is 169 Å². The van der Waals surface area contributed by atoms with Gasteiger partial charge in [-0.25, -0.2) is 14.3 Å². The smallest absolute Gasteiger partial charge is 0.352 e. The van der Waals surface area contributed by atoms with E-state index in [2.05, 4.69) is 26.2 Å². The molecule has 4 rings (SSSR count). The van der Waals surface area contributed by atoms with Crippen molar-refractivity contribution < 1.29 is 29.0 Å². The van der Waals surface area contributed by atoms with Crippen LogP contribution in [-0.4, -0.2) is 77.0 Å². The van der Waals surface area contributed by atoms with Gasteiger partial charge < -0.3 is 20.5 Å². The van der Waals surface area contributed by atoms with Gasteiger partial charge in [0.2, 0.25) is 5.16 Å². The van der Waals surface area contributed by atoms with Gasteiger partial charge in [0.05, 0.1) is 0 Å². The Morgan fingerprint density at radius 1 is 1.29 bits per heavy atom. The SMILES string of the molecule is CC(=O)Oc1ccc(CNC(=O)NC2C(=O)N3C(C(=O)O)=C(CSc4nnnn4C)CS[C@H]23)cc1. The van der Waals surface area contributed by atoms with Crippen molar-refractivity contribution in [2.45, 2.75) is 30.0 Å². The normalized spacial score (nSPS) is 19.0. The number of esters is 1. The van der Waals surface area contributed by atoms with Crippen molar-refractivity contribution in [3.05, 3.63) is 41.1 Å². The summed E-state index contributed by atoms with van der Waals surface area (Å²) < 4.78 is 6.44. The molecule has 3 heterocycles. The molecule has 184 valence electrons. The lowest BCUT2D eigenvalue weighted by molar-refractivity contribution is -0.148. The Balaban J connectivity index is 1.33. The summed E-state index contributed by atoms with van der Waals surface area (Å²) in [6.45, 7) is 1.49. The maximum Gasteiger partial charge on any atom is 0.352 e. The standard InChI is InChI=1S/C20H21N7O6S2/c1-10(28)33-13-5-3-11(4-6-13)7-21-19(32)22-14-16(29)27-15(18(30)31)12(8-34-17(14)27)9-35-20-23-24-25-26(20)2/h3-6,14,17H,7-9H2,1-2H3,(H,30,31)(H2,21,22,32)/t14?,17-/m1/s1. The molecule has 2 aliphatic heterocycles. The minimum atomic E-state index is -1.20. The molecule has 1 unspecified atom stereocenters. The average molecular weight is 520 g/mol. The highest BCUT2D eigenvalue weighted by molar-refractivity contribution is 8.01. The predicted octanol–water partition coefficient (Wildman–Crippen LogP) is 0.349. The number of hydrogen-bond acceptors (Lipinski definition) is 10. The Morgan fingerprint density at radius 3 is 2.66 bits per heavy atom. The van der Waals surface area contributed by atoms with E-state index in [1.807, 2.05) is 0 Å². The number of amides is 3. The molecule has 1 saturated heterocycles. The molecule has 1 aromatic carbocycles. The lowest BCUT2D eigenvalue weighted by Gasteiger charge is -2.49. The number of nitrogens with one attached hydrogen (secondary N) is 2. The number of carbonyl (C=O) groups excluding carboxylic acids is 3. The highest BCUT2D eigenvalue weighted by Crippen LogP contribution is 2.41. The van der Waals surface area contributed by atoms with Crippen LogP contribution < -0.4 is 15.4 Å². The van der Waals surface area contributed by atoms with E-state index in [0.29, 0.717) is 28.0 Å². The molecule has 2 aromatic rings. The third kappa shape index (κ3) is 5.40. The molecule has 1 fully saturated rings. The maximum absolute atomic E-state index is 12.8. The average Bonchev–Trinajstić information content (AvgIpc) is 3.24. The van der Waals surface area contributed by atoms with Crippen LogP contribution >= 0.6 is 23.5 Å². The van der Waals surface area contributed by atoms with E-state index in [4.69, 9.17) is 4.74 Å². The van der Waals surface area contributed by atoms with E-state index >= 15 is 0 Å². The maximum atomic E-state index is 12.8. The molecule has 35 heavy (non-hydrogen) atoms. The Morgan fingerprint density at radius 2 is 2.03 bits per heavy atom. The number of thioether (sulfide) groups is 2. The summed E-state index contributed by atoms with van der Waals surface area (Å²) in [4.78, 5) is 49.3. The second kappa shape index (κ2) is 10.4. The first-order chi connectivity index (χ1) is 16.7. The molecule has 3 amide bonds. The third-order valence-corrected chi connectivity index (χ3v) is 7.57. The number of nitrogens with zero attached hydrogens (tertiary/aromatic N) is 5. The fourth-order valence-corrected chi connectivity index (χ4v) is 5.84. The van der Waals surface area contributed by atoms with Crippen molar-refractivity contribution in [3.63, 3.8) is 0 Å². The second-order valence-electron chi connectivity index (χ2n) is 7.58. The second-order valence-corrected chi connectivity index (χ2v) is 9.63. The molecule has 0 saturated carbocycles. The predicted molar refractivity (Wildman–Crippen MR) is 124 cm³/mol. The summed E-state index contributed by atoms with van der Waals surface area (Å²) in [7, 11) is 1.68. The minimum absolute atomic E-state index is 0.0623. The summed E-state index contributed by atoms with van der Waals surface area (Å²) in [6.07, 6.45) is 0. The van der Waals surface area contributed by atoms with Gasteiger partial charge >= 0.3 is 18.0 Å².